The summed E-state index contributed by atoms with van der Waals surface area (Å²) in [4.78, 5) is 23.4. The van der Waals surface area contributed by atoms with Gasteiger partial charge >= 0.3 is 5.97 Å². The minimum absolute atomic E-state index is 0.222. The smallest absolute Gasteiger partial charge is 0.309 e. The highest BCUT2D eigenvalue weighted by molar-refractivity contribution is 5.95. The van der Waals surface area contributed by atoms with E-state index in [4.69, 9.17) is 10.00 Å². The highest BCUT2D eigenvalue weighted by Crippen LogP contribution is 2.11. The lowest BCUT2D eigenvalue weighted by Gasteiger charge is -2.15. The summed E-state index contributed by atoms with van der Waals surface area (Å²) in [7, 11) is 0. The Morgan fingerprint density at radius 1 is 1.30 bits per heavy atom. The molecule has 1 rings (SSSR count). The second-order valence-corrected chi connectivity index (χ2v) is 4.57. The van der Waals surface area contributed by atoms with Crippen molar-refractivity contribution in [3.8, 4) is 6.07 Å². The number of nitriles is 1. The Bertz CT molecular complexity index is 517. The van der Waals surface area contributed by atoms with Crippen molar-refractivity contribution in [3.05, 3.63) is 29.8 Å². The van der Waals surface area contributed by atoms with E-state index in [1.807, 2.05) is 13.0 Å². The van der Waals surface area contributed by atoms with E-state index in [1.165, 1.54) is 6.92 Å². The van der Waals surface area contributed by atoms with E-state index in [1.54, 1.807) is 31.2 Å². The zero-order valence-corrected chi connectivity index (χ0v) is 11.8. The number of hydrogen-bond donors (Lipinski definition) is 1. The van der Waals surface area contributed by atoms with Gasteiger partial charge in [-0.25, -0.2) is 0 Å². The number of esters is 1. The molecule has 2 unspecified atom stereocenters. The minimum Gasteiger partial charge on any atom is -0.452 e. The fourth-order valence-electron chi connectivity index (χ4n) is 1.38. The van der Waals surface area contributed by atoms with Gasteiger partial charge in [-0.05, 0) is 37.6 Å². The lowest BCUT2D eigenvalue weighted by atomic mass is 10.1. The quantitative estimate of drug-likeness (QED) is 0.836. The van der Waals surface area contributed by atoms with Gasteiger partial charge in [0.15, 0.2) is 6.10 Å². The second kappa shape index (κ2) is 7.29. The van der Waals surface area contributed by atoms with Gasteiger partial charge < -0.3 is 10.1 Å². The van der Waals surface area contributed by atoms with Crippen LogP contribution in [-0.2, 0) is 14.3 Å². The normalized spacial score (nSPS) is 12.9. The van der Waals surface area contributed by atoms with Crippen LogP contribution in [0.3, 0.4) is 0 Å². The molecule has 0 aliphatic carbocycles. The van der Waals surface area contributed by atoms with Gasteiger partial charge in [0.25, 0.3) is 5.91 Å². The Morgan fingerprint density at radius 3 is 2.40 bits per heavy atom. The van der Waals surface area contributed by atoms with Crippen LogP contribution >= 0.6 is 0 Å². The molecule has 1 N–H and O–H groups in total. The van der Waals surface area contributed by atoms with E-state index < -0.39 is 12.0 Å². The highest BCUT2D eigenvalue weighted by Gasteiger charge is 2.20. The third kappa shape index (κ3) is 4.39. The zero-order chi connectivity index (χ0) is 15.1. The van der Waals surface area contributed by atoms with E-state index in [2.05, 4.69) is 5.32 Å². The maximum absolute atomic E-state index is 11.9. The third-order valence-electron chi connectivity index (χ3n) is 2.96. The molecule has 20 heavy (non-hydrogen) atoms. The molecule has 1 aromatic rings. The van der Waals surface area contributed by atoms with Crippen LogP contribution in [-0.4, -0.2) is 18.0 Å². The molecule has 0 radical (unpaired) electrons. The van der Waals surface area contributed by atoms with Crippen molar-refractivity contribution in [1.82, 2.24) is 0 Å². The van der Waals surface area contributed by atoms with Gasteiger partial charge in [0.05, 0.1) is 17.6 Å². The maximum Gasteiger partial charge on any atom is 0.309 e. The van der Waals surface area contributed by atoms with Gasteiger partial charge in [-0.1, -0.05) is 13.8 Å². The summed E-state index contributed by atoms with van der Waals surface area (Å²) in [6, 6.07) is 8.45. The number of hydrogen-bond acceptors (Lipinski definition) is 4. The van der Waals surface area contributed by atoms with Crippen LogP contribution in [0.2, 0.25) is 0 Å². The molecule has 1 amide bonds. The highest BCUT2D eigenvalue weighted by atomic mass is 16.5. The van der Waals surface area contributed by atoms with Crippen LogP contribution in [0, 0.1) is 17.2 Å². The Balaban J connectivity index is 2.57. The second-order valence-electron chi connectivity index (χ2n) is 4.57. The largest absolute Gasteiger partial charge is 0.452 e. The SMILES string of the molecule is CCC(C)C(=O)OC(C)C(=O)Nc1ccc(C#N)cc1. The number of carbonyl (C=O) groups is 2. The molecule has 5 heteroatoms. The number of rotatable bonds is 5. The average Bonchev–Trinajstić information content (AvgIpc) is 2.46. The van der Waals surface area contributed by atoms with Gasteiger partial charge in [-0.3, -0.25) is 9.59 Å². The molecule has 0 aliphatic rings. The number of carbonyl (C=O) groups excluding carboxylic acids is 2. The zero-order valence-electron chi connectivity index (χ0n) is 11.8. The van der Waals surface area contributed by atoms with E-state index in [9.17, 15) is 9.59 Å². The summed E-state index contributed by atoms with van der Waals surface area (Å²) in [5.74, 6) is -0.999. The molecular formula is C15H18N2O3. The molecule has 0 bridgehead atoms. The number of benzene rings is 1. The third-order valence-corrected chi connectivity index (χ3v) is 2.96. The van der Waals surface area contributed by atoms with E-state index in [0.717, 1.165) is 0 Å². The Kier molecular flexibility index (Phi) is 5.73. The fourth-order valence-corrected chi connectivity index (χ4v) is 1.38. The Morgan fingerprint density at radius 2 is 1.90 bits per heavy atom. The first kappa shape index (κ1) is 15.7. The van der Waals surface area contributed by atoms with Gasteiger partial charge in [-0.15, -0.1) is 0 Å². The first-order chi connectivity index (χ1) is 9.47. The standard InChI is InChI=1S/C15H18N2O3/c1-4-10(2)15(19)20-11(3)14(18)17-13-7-5-12(9-16)6-8-13/h5-8,10-11H,4H2,1-3H3,(H,17,18). The monoisotopic (exact) mass is 274 g/mol. The summed E-state index contributed by atoms with van der Waals surface area (Å²) >= 11 is 0. The minimum atomic E-state index is -0.854. The molecule has 5 nitrogen and oxygen atoms in total. The number of nitrogens with zero attached hydrogens (tertiary/aromatic N) is 1. The van der Waals surface area contributed by atoms with Crippen molar-refractivity contribution in [2.75, 3.05) is 5.32 Å². The number of nitrogens with one attached hydrogen (secondary N) is 1. The molecule has 0 saturated carbocycles. The summed E-state index contributed by atoms with van der Waals surface area (Å²) in [5, 5.41) is 11.3. The van der Waals surface area contributed by atoms with Gasteiger partial charge in [0.2, 0.25) is 0 Å². The summed E-state index contributed by atoms with van der Waals surface area (Å²) in [6.45, 7) is 5.17. The first-order valence-electron chi connectivity index (χ1n) is 6.49. The van der Waals surface area contributed by atoms with E-state index in [0.29, 0.717) is 17.7 Å². The van der Waals surface area contributed by atoms with Crippen molar-refractivity contribution in [1.29, 1.82) is 5.26 Å². The van der Waals surface area contributed by atoms with Crippen LogP contribution in [0.25, 0.3) is 0 Å². The fraction of sp³-hybridized carbons (Fsp3) is 0.400. The topological polar surface area (TPSA) is 79.2 Å². The molecule has 1 aromatic carbocycles. The summed E-state index contributed by atoms with van der Waals surface area (Å²) < 4.78 is 5.08. The average molecular weight is 274 g/mol. The van der Waals surface area contributed by atoms with Gasteiger partial charge in [0, 0.05) is 5.69 Å². The van der Waals surface area contributed by atoms with Gasteiger partial charge in [0.1, 0.15) is 0 Å². The number of amides is 1. The van der Waals surface area contributed by atoms with Crippen LogP contribution in [0.15, 0.2) is 24.3 Å². The predicted octanol–water partition coefficient (Wildman–Crippen LogP) is 2.47. The Hall–Kier alpha value is -2.35. The van der Waals surface area contributed by atoms with Gasteiger partial charge in [-0.2, -0.15) is 5.26 Å². The van der Waals surface area contributed by atoms with Crippen LogP contribution in [0.4, 0.5) is 5.69 Å². The van der Waals surface area contributed by atoms with E-state index >= 15 is 0 Å². The molecule has 106 valence electrons. The van der Waals surface area contributed by atoms with Crippen molar-refractivity contribution in [3.63, 3.8) is 0 Å². The van der Waals surface area contributed by atoms with Crippen LogP contribution in [0.1, 0.15) is 32.8 Å². The molecule has 0 fully saturated rings. The molecule has 0 saturated heterocycles. The molecule has 0 heterocycles. The van der Waals surface area contributed by atoms with Crippen molar-refractivity contribution in [2.24, 2.45) is 5.92 Å². The maximum atomic E-state index is 11.9. The first-order valence-corrected chi connectivity index (χ1v) is 6.49. The van der Waals surface area contributed by atoms with Crippen LogP contribution in [0.5, 0.6) is 0 Å². The predicted molar refractivity (Wildman–Crippen MR) is 74.8 cm³/mol. The Labute approximate surface area is 118 Å². The van der Waals surface area contributed by atoms with E-state index in [-0.39, 0.29) is 11.9 Å². The molecular weight excluding hydrogens is 256 g/mol. The van der Waals surface area contributed by atoms with Crippen molar-refractivity contribution in [2.45, 2.75) is 33.3 Å². The summed E-state index contributed by atoms with van der Waals surface area (Å²) in [6.07, 6.45) is -0.185. The molecule has 0 spiro atoms. The lowest BCUT2D eigenvalue weighted by Crippen LogP contribution is -2.31. The molecule has 2 atom stereocenters. The number of anilines is 1. The van der Waals surface area contributed by atoms with Crippen molar-refractivity contribution >= 4 is 17.6 Å². The lowest BCUT2D eigenvalue weighted by molar-refractivity contribution is -0.156. The van der Waals surface area contributed by atoms with Crippen LogP contribution < -0.4 is 5.32 Å². The molecule has 0 aromatic heterocycles. The number of ether oxygens (including phenoxy) is 1. The van der Waals surface area contributed by atoms with Crippen molar-refractivity contribution < 1.29 is 14.3 Å². The molecule has 0 aliphatic heterocycles. The summed E-state index contributed by atoms with van der Waals surface area (Å²) in [5.41, 5.74) is 1.07.